The monoisotopic (exact) mass is 274 g/mol. The molecular formula is C14H26O3S. The zero-order valence-electron chi connectivity index (χ0n) is 11.4. The van der Waals surface area contributed by atoms with Crippen LogP contribution in [-0.4, -0.2) is 48.1 Å². The number of ether oxygens (including phenoxy) is 2. The lowest BCUT2D eigenvalue weighted by Gasteiger charge is -2.44. The quantitative estimate of drug-likeness (QED) is 0.782. The summed E-state index contributed by atoms with van der Waals surface area (Å²) in [5.41, 5.74) is 0.0693. The van der Waals surface area contributed by atoms with Gasteiger partial charge in [-0.2, -0.15) is 11.8 Å². The minimum atomic E-state index is -0.313. The first-order chi connectivity index (χ1) is 8.76. The molecule has 2 fully saturated rings. The summed E-state index contributed by atoms with van der Waals surface area (Å²) in [5.74, 6) is 2.77. The Morgan fingerprint density at radius 3 is 2.94 bits per heavy atom. The second-order valence-electron chi connectivity index (χ2n) is 5.54. The van der Waals surface area contributed by atoms with Crippen LogP contribution in [0.1, 0.15) is 39.0 Å². The van der Waals surface area contributed by atoms with Crippen LogP contribution in [0.3, 0.4) is 0 Å². The summed E-state index contributed by atoms with van der Waals surface area (Å²) in [6.45, 7) is 4.14. The van der Waals surface area contributed by atoms with Crippen LogP contribution in [0, 0.1) is 5.92 Å². The topological polar surface area (TPSA) is 38.7 Å². The first kappa shape index (κ1) is 14.6. The number of rotatable bonds is 5. The third-order valence-electron chi connectivity index (χ3n) is 4.12. The van der Waals surface area contributed by atoms with Crippen molar-refractivity contribution in [3.05, 3.63) is 0 Å². The van der Waals surface area contributed by atoms with E-state index in [0.717, 1.165) is 45.3 Å². The van der Waals surface area contributed by atoms with Crippen LogP contribution in [0.25, 0.3) is 0 Å². The highest BCUT2D eigenvalue weighted by molar-refractivity contribution is 7.99. The van der Waals surface area contributed by atoms with Crippen LogP contribution in [0.15, 0.2) is 0 Å². The van der Waals surface area contributed by atoms with Gasteiger partial charge in [0.1, 0.15) is 0 Å². The van der Waals surface area contributed by atoms with E-state index in [2.05, 4.69) is 6.92 Å². The Morgan fingerprint density at radius 1 is 1.44 bits per heavy atom. The number of hydrogen-bond acceptors (Lipinski definition) is 4. The molecule has 2 aliphatic heterocycles. The van der Waals surface area contributed by atoms with Gasteiger partial charge in [0.2, 0.25) is 0 Å². The summed E-state index contributed by atoms with van der Waals surface area (Å²) in [6.07, 6.45) is 5.00. The molecule has 2 unspecified atom stereocenters. The minimum Gasteiger partial charge on any atom is -0.390 e. The van der Waals surface area contributed by atoms with Gasteiger partial charge in [0.25, 0.3) is 0 Å². The zero-order valence-corrected chi connectivity index (χ0v) is 12.2. The van der Waals surface area contributed by atoms with Gasteiger partial charge in [0, 0.05) is 13.2 Å². The standard InChI is InChI=1S/C14H26O3S/c1-2-6-16-11-13(15)12-3-7-17-14(10-12)4-8-18-9-5-14/h12-13,15H,2-11H2,1H3. The minimum absolute atomic E-state index is 0.0693. The predicted octanol–water partition coefficient (Wildman–Crippen LogP) is 2.47. The summed E-state index contributed by atoms with van der Waals surface area (Å²) in [7, 11) is 0. The Labute approximate surface area is 115 Å². The van der Waals surface area contributed by atoms with Crippen LogP contribution < -0.4 is 0 Å². The van der Waals surface area contributed by atoms with E-state index >= 15 is 0 Å². The number of thioether (sulfide) groups is 1. The lowest BCUT2D eigenvalue weighted by atomic mass is 9.79. The van der Waals surface area contributed by atoms with Crippen molar-refractivity contribution in [2.75, 3.05) is 31.3 Å². The molecule has 4 heteroatoms. The van der Waals surface area contributed by atoms with Crippen molar-refractivity contribution in [1.82, 2.24) is 0 Å². The fourth-order valence-corrected chi connectivity index (χ4v) is 4.21. The molecule has 3 nitrogen and oxygen atoms in total. The third kappa shape index (κ3) is 3.86. The summed E-state index contributed by atoms with van der Waals surface area (Å²) in [6, 6.07) is 0. The smallest absolute Gasteiger partial charge is 0.0803 e. The molecule has 2 saturated heterocycles. The second-order valence-corrected chi connectivity index (χ2v) is 6.76. The molecule has 0 saturated carbocycles. The molecule has 2 rings (SSSR count). The Hall–Kier alpha value is 0.230. The van der Waals surface area contributed by atoms with Gasteiger partial charge in [-0.1, -0.05) is 6.92 Å². The van der Waals surface area contributed by atoms with Gasteiger partial charge in [0.15, 0.2) is 0 Å². The fourth-order valence-electron chi connectivity index (χ4n) is 2.97. The highest BCUT2D eigenvalue weighted by Gasteiger charge is 2.40. The molecule has 1 spiro atoms. The molecule has 18 heavy (non-hydrogen) atoms. The molecule has 0 aromatic heterocycles. The maximum atomic E-state index is 10.2. The van der Waals surface area contributed by atoms with Crippen molar-refractivity contribution in [2.45, 2.75) is 50.7 Å². The molecule has 2 aliphatic rings. The highest BCUT2D eigenvalue weighted by atomic mass is 32.2. The maximum Gasteiger partial charge on any atom is 0.0803 e. The van der Waals surface area contributed by atoms with Crippen molar-refractivity contribution >= 4 is 11.8 Å². The van der Waals surface area contributed by atoms with Crippen molar-refractivity contribution in [3.63, 3.8) is 0 Å². The van der Waals surface area contributed by atoms with Gasteiger partial charge in [-0.3, -0.25) is 0 Å². The average Bonchev–Trinajstić information content (AvgIpc) is 2.40. The summed E-state index contributed by atoms with van der Waals surface area (Å²) >= 11 is 2.02. The first-order valence-corrected chi connectivity index (χ1v) is 8.39. The molecule has 0 amide bonds. The molecule has 0 aliphatic carbocycles. The van der Waals surface area contributed by atoms with E-state index in [-0.39, 0.29) is 11.7 Å². The van der Waals surface area contributed by atoms with Crippen LogP contribution >= 0.6 is 11.8 Å². The Morgan fingerprint density at radius 2 is 2.22 bits per heavy atom. The summed E-state index contributed by atoms with van der Waals surface area (Å²) < 4.78 is 11.5. The average molecular weight is 274 g/mol. The van der Waals surface area contributed by atoms with E-state index in [1.165, 1.54) is 11.5 Å². The first-order valence-electron chi connectivity index (χ1n) is 7.23. The van der Waals surface area contributed by atoms with Gasteiger partial charge in [-0.25, -0.2) is 0 Å². The number of hydrogen-bond donors (Lipinski definition) is 1. The van der Waals surface area contributed by atoms with Crippen molar-refractivity contribution < 1.29 is 14.6 Å². The fraction of sp³-hybridized carbons (Fsp3) is 1.00. The lowest BCUT2D eigenvalue weighted by molar-refractivity contribution is -0.128. The maximum absolute atomic E-state index is 10.2. The molecule has 0 aromatic carbocycles. The van der Waals surface area contributed by atoms with E-state index in [1.807, 2.05) is 11.8 Å². The third-order valence-corrected chi connectivity index (χ3v) is 5.10. The van der Waals surface area contributed by atoms with E-state index in [9.17, 15) is 5.11 Å². The molecule has 1 N–H and O–H groups in total. The van der Waals surface area contributed by atoms with Gasteiger partial charge in [-0.05, 0) is 49.5 Å². The van der Waals surface area contributed by atoms with Crippen molar-refractivity contribution in [1.29, 1.82) is 0 Å². The molecule has 0 radical (unpaired) electrons. The van der Waals surface area contributed by atoms with Crippen LogP contribution in [0.4, 0.5) is 0 Å². The van der Waals surface area contributed by atoms with Crippen molar-refractivity contribution in [3.8, 4) is 0 Å². The number of aliphatic hydroxyl groups excluding tert-OH is 1. The van der Waals surface area contributed by atoms with Crippen LogP contribution in [0.5, 0.6) is 0 Å². The van der Waals surface area contributed by atoms with Gasteiger partial charge in [-0.15, -0.1) is 0 Å². The van der Waals surface area contributed by atoms with Gasteiger partial charge >= 0.3 is 0 Å². The zero-order chi connectivity index (χ0) is 12.8. The van der Waals surface area contributed by atoms with E-state index in [0.29, 0.717) is 12.5 Å². The van der Waals surface area contributed by atoms with Crippen LogP contribution in [-0.2, 0) is 9.47 Å². The molecule has 106 valence electrons. The second kappa shape index (κ2) is 7.13. The highest BCUT2D eigenvalue weighted by Crippen LogP contribution is 2.40. The Balaban J connectivity index is 1.81. The summed E-state index contributed by atoms with van der Waals surface area (Å²) in [5, 5.41) is 10.2. The molecule has 0 aromatic rings. The molecule has 2 atom stereocenters. The van der Waals surface area contributed by atoms with E-state index < -0.39 is 0 Å². The Bertz CT molecular complexity index is 236. The predicted molar refractivity (Wildman–Crippen MR) is 75.1 cm³/mol. The SMILES string of the molecule is CCCOCC(O)C1CCOC2(CCSCC2)C1. The van der Waals surface area contributed by atoms with Crippen molar-refractivity contribution in [2.24, 2.45) is 5.92 Å². The normalized spacial score (nSPS) is 29.3. The number of aliphatic hydroxyl groups is 1. The van der Waals surface area contributed by atoms with Crippen LogP contribution in [0.2, 0.25) is 0 Å². The Kier molecular flexibility index (Phi) is 5.80. The lowest BCUT2D eigenvalue weighted by Crippen LogP contribution is -2.46. The van der Waals surface area contributed by atoms with Gasteiger partial charge in [0.05, 0.1) is 18.3 Å². The van der Waals surface area contributed by atoms with Gasteiger partial charge < -0.3 is 14.6 Å². The molecule has 0 bridgehead atoms. The molecule has 2 heterocycles. The van der Waals surface area contributed by atoms with E-state index in [4.69, 9.17) is 9.47 Å². The molecular weight excluding hydrogens is 248 g/mol. The largest absolute Gasteiger partial charge is 0.390 e. The van der Waals surface area contributed by atoms with E-state index in [1.54, 1.807) is 0 Å². The summed E-state index contributed by atoms with van der Waals surface area (Å²) in [4.78, 5) is 0.